The van der Waals surface area contributed by atoms with Gasteiger partial charge in [0.05, 0.1) is 6.42 Å². The third kappa shape index (κ3) is 6.18. The lowest BCUT2D eigenvalue weighted by Gasteiger charge is -2.19. The summed E-state index contributed by atoms with van der Waals surface area (Å²) < 4.78 is 5.15. The average molecular weight is 248 g/mol. The van der Waals surface area contributed by atoms with Crippen LogP contribution in [0.5, 0.6) is 0 Å². The van der Waals surface area contributed by atoms with Crippen LogP contribution in [0.1, 0.15) is 39.2 Å². The molecule has 0 unspecified atom stereocenters. The van der Waals surface area contributed by atoms with Gasteiger partial charge in [0.25, 0.3) is 0 Å². The van der Waals surface area contributed by atoms with Crippen molar-refractivity contribution in [1.82, 2.24) is 0 Å². The summed E-state index contributed by atoms with van der Waals surface area (Å²) in [5.74, 6) is -0.254. The lowest BCUT2D eigenvalue weighted by Crippen LogP contribution is -2.24. The summed E-state index contributed by atoms with van der Waals surface area (Å²) in [7, 11) is 0. The molecule has 0 radical (unpaired) electrons. The molecule has 0 N–H and O–H groups in total. The molecule has 3 heteroatoms. The van der Waals surface area contributed by atoms with Crippen molar-refractivity contribution >= 4 is 11.8 Å². The number of Topliss-reactive ketones (excluding diaryl/α,β-unsaturated/α-hetero) is 1. The van der Waals surface area contributed by atoms with E-state index < -0.39 is 5.60 Å². The predicted octanol–water partition coefficient (Wildman–Crippen LogP) is 2.92. The smallest absolute Gasteiger partial charge is 0.306 e. The van der Waals surface area contributed by atoms with E-state index in [0.29, 0.717) is 6.42 Å². The van der Waals surface area contributed by atoms with E-state index in [1.165, 1.54) is 0 Å². The first-order valence-corrected chi connectivity index (χ1v) is 6.14. The summed E-state index contributed by atoms with van der Waals surface area (Å²) in [5.41, 5.74) is 0.492. The van der Waals surface area contributed by atoms with E-state index in [1.807, 2.05) is 51.1 Å². The Kier molecular flexibility index (Phi) is 5.08. The predicted molar refractivity (Wildman–Crippen MR) is 70.2 cm³/mol. The summed E-state index contributed by atoms with van der Waals surface area (Å²) in [6.45, 7) is 5.45. The Hall–Kier alpha value is -1.64. The van der Waals surface area contributed by atoms with E-state index in [2.05, 4.69) is 0 Å². The molecule has 0 aliphatic carbocycles. The van der Waals surface area contributed by atoms with E-state index in [-0.39, 0.29) is 24.6 Å². The third-order valence-corrected chi connectivity index (χ3v) is 2.27. The van der Waals surface area contributed by atoms with Crippen molar-refractivity contribution in [3.05, 3.63) is 35.9 Å². The second-order valence-electron chi connectivity index (χ2n) is 5.29. The molecule has 0 spiro atoms. The van der Waals surface area contributed by atoms with Gasteiger partial charge in [0, 0.05) is 12.8 Å². The van der Waals surface area contributed by atoms with Gasteiger partial charge in [-0.2, -0.15) is 0 Å². The highest BCUT2D eigenvalue weighted by Gasteiger charge is 2.17. The molecule has 0 fully saturated rings. The average Bonchev–Trinajstić information content (AvgIpc) is 2.25. The molecule has 98 valence electrons. The Balaban J connectivity index is 2.32. The van der Waals surface area contributed by atoms with Gasteiger partial charge in [-0.1, -0.05) is 30.3 Å². The Morgan fingerprint density at radius 3 is 2.22 bits per heavy atom. The monoisotopic (exact) mass is 248 g/mol. The molecule has 0 saturated carbocycles. The molecule has 1 rings (SSSR count). The van der Waals surface area contributed by atoms with Crippen LogP contribution in [0.2, 0.25) is 0 Å². The molecule has 1 aromatic carbocycles. The van der Waals surface area contributed by atoms with Gasteiger partial charge < -0.3 is 4.74 Å². The minimum atomic E-state index is -0.487. The molecule has 0 saturated heterocycles. The fourth-order valence-corrected chi connectivity index (χ4v) is 1.55. The molecule has 3 nitrogen and oxygen atoms in total. The SMILES string of the molecule is CC(C)(C)OC(=O)CCC(=O)Cc1ccccc1. The van der Waals surface area contributed by atoms with Gasteiger partial charge >= 0.3 is 5.97 Å². The molecular formula is C15H20O3. The van der Waals surface area contributed by atoms with Crippen LogP contribution in [0.15, 0.2) is 30.3 Å². The number of rotatable bonds is 5. The maximum Gasteiger partial charge on any atom is 0.306 e. The van der Waals surface area contributed by atoms with Gasteiger partial charge in [-0.3, -0.25) is 9.59 Å². The second-order valence-corrected chi connectivity index (χ2v) is 5.29. The Labute approximate surface area is 108 Å². The number of esters is 1. The number of carbonyl (C=O) groups is 2. The van der Waals surface area contributed by atoms with Crippen molar-refractivity contribution in [1.29, 1.82) is 0 Å². The molecule has 0 heterocycles. The van der Waals surface area contributed by atoms with Gasteiger partial charge in [0.2, 0.25) is 0 Å². The van der Waals surface area contributed by atoms with E-state index in [0.717, 1.165) is 5.56 Å². The summed E-state index contributed by atoms with van der Waals surface area (Å²) >= 11 is 0. The lowest BCUT2D eigenvalue weighted by molar-refractivity contribution is -0.155. The number of ketones is 1. The first-order chi connectivity index (χ1) is 8.37. The van der Waals surface area contributed by atoms with E-state index >= 15 is 0 Å². The third-order valence-electron chi connectivity index (χ3n) is 2.27. The number of benzene rings is 1. The molecule has 0 bridgehead atoms. The first kappa shape index (κ1) is 14.4. The summed E-state index contributed by atoms with van der Waals surface area (Å²) in [6, 6.07) is 9.53. The molecule has 1 aromatic rings. The van der Waals surface area contributed by atoms with Crippen LogP contribution >= 0.6 is 0 Å². The summed E-state index contributed by atoms with van der Waals surface area (Å²) in [5, 5.41) is 0. The van der Waals surface area contributed by atoms with Gasteiger partial charge in [0.15, 0.2) is 0 Å². The van der Waals surface area contributed by atoms with E-state index in [9.17, 15) is 9.59 Å². The minimum absolute atomic E-state index is 0.0621. The topological polar surface area (TPSA) is 43.4 Å². The summed E-state index contributed by atoms with van der Waals surface area (Å²) in [4.78, 5) is 23.1. The Morgan fingerprint density at radius 1 is 1.06 bits per heavy atom. The normalized spacial score (nSPS) is 11.1. The molecule has 0 amide bonds. The number of hydrogen-bond donors (Lipinski definition) is 0. The standard InChI is InChI=1S/C15H20O3/c1-15(2,3)18-14(17)10-9-13(16)11-12-7-5-4-6-8-12/h4-8H,9-11H2,1-3H3. The molecule has 0 aliphatic rings. The second kappa shape index (κ2) is 6.34. The molecule has 18 heavy (non-hydrogen) atoms. The summed E-state index contributed by atoms with van der Waals surface area (Å²) in [6.07, 6.45) is 0.774. The Bertz CT molecular complexity index is 401. The lowest BCUT2D eigenvalue weighted by atomic mass is 10.1. The fourth-order valence-electron chi connectivity index (χ4n) is 1.55. The van der Waals surface area contributed by atoms with Crippen LogP contribution < -0.4 is 0 Å². The maximum absolute atomic E-state index is 11.7. The zero-order valence-electron chi connectivity index (χ0n) is 11.2. The molecule has 0 aromatic heterocycles. The molecular weight excluding hydrogens is 228 g/mol. The van der Waals surface area contributed by atoms with Gasteiger partial charge in [-0.25, -0.2) is 0 Å². The number of hydrogen-bond acceptors (Lipinski definition) is 3. The van der Waals surface area contributed by atoms with Gasteiger partial charge in [-0.15, -0.1) is 0 Å². The van der Waals surface area contributed by atoms with Crippen LogP contribution in [0.25, 0.3) is 0 Å². The van der Waals surface area contributed by atoms with Crippen molar-refractivity contribution in [3.8, 4) is 0 Å². The quantitative estimate of drug-likeness (QED) is 0.752. The van der Waals surface area contributed by atoms with Crippen LogP contribution in [-0.4, -0.2) is 17.4 Å². The van der Waals surface area contributed by atoms with Crippen molar-refractivity contribution in [2.24, 2.45) is 0 Å². The van der Waals surface area contributed by atoms with Gasteiger partial charge in [0.1, 0.15) is 11.4 Å². The zero-order valence-corrected chi connectivity index (χ0v) is 11.2. The highest BCUT2D eigenvalue weighted by Crippen LogP contribution is 2.10. The van der Waals surface area contributed by atoms with Crippen LogP contribution in [0.4, 0.5) is 0 Å². The van der Waals surface area contributed by atoms with E-state index in [4.69, 9.17) is 4.74 Å². The van der Waals surface area contributed by atoms with Crippen LogP contribution in [-0.2, 0) is 20.7 Å². The Morgan fingerprint density at radius 2 is 1.67 bits per heavy atom. The van der Waals surface area contributed by atoms with Crippen LogP contribution in [0.3, 0.4) is 0 Å². The molecule has 0 atom stereocenters. The van der Waals surface area contributed by atoms with Crippen LogP contribution in [0, 0.1) is 0 Å². The van der Waals surface area contributed by atoms with Crippen molar-refractivity contribution < 1.29 is 14.3 Å². The van der Waals surface area contributed by atoms with Crippen molar-refractivity contribution in [3.63, 3.8) is 0 Å². The van der Waals surface area contributed by atoms with E-state index in [1.54, 1.807) is 0 Å². The minimum Gasteiger partial charge on any atom is -0.460 e. The highest BCUT2D eigenvalue weighted by atomic mass is 16.6. The zero-order chi connectivity index (χ0) is 13.6. The number of ether oxygens (including phenoxy) is 1. The van der Waals surface area contributed by atoms with Crippen molar-refractivity contribution in [2.45, 2.75) is 45.6 Å². The fraction of sp³-hybridized carbons (Fsp3) is 0.467. The number of carbonyl (C=O) groups excluding carboxylic acids is 2. The first-order valence-electron chi connectivity index (χ1n) is 6.14. The largest absolute Gasteiger partial charge is 0.460 e. The van der Waals surface area contributed by atoms with Gasteiger partial charge in [-0.05, 0) is 26.3 Å². The van der Waals surface area contributed by atoms with Crippen molar-refractivity contribution in [2.75, 3.05) is 0 Å². The maximum atomic E-state index is 11.7. The molecule has 0 aliphatic heterocycles. The highest BCUT2D eigenvalue weighted by molar-refractivity contribution is 5.84.